The molecule has 0 radical (unpaired) electrons. The van der Waals surface area contributed by atoms with Crippen molar-refractivity contribution in [1.29, 1.82) is 0 Å². The Labute approximate surface area is 102 Å². The summed E-state index contributed by atoms with van der Waals surface area (Å²) < 4.78 is 2.24. The lowest BCUT2D eigenvalue weighted by atomic mass is 9.97. The molecule has 1 aromatic heterocycles. The number of aryl methyl sites for hydroxylation is 1. The first-order chi connectivity index (χ1) is 8.03. The molecule has 0 bridgehead atoms. The van der Waals surface area contributed by atoms with E-state index in [0.29, 0.717) is 5.92 Å². The molecule has 0 aliphatic heterocycles. The second-order valence-corrected chi connectivity index (χ2v) is 5.71. The first kappa shape index (κ1) is 10.8. The number of benzene rings is 1. The van der Waals surface area contributed by atoms with Gasteiger partial charge in [-0.15, -0.1) is 0 Å². The fraction of sp³-hybridized carbons (Fsp3) is 0.467. The van der Waals surface area contributed by atoms with Gasteiger partial charge in [-0.05, 0) is 29.9 Å². The molecule has 1 heterocycles. The van der Waals surface area contributed by atoms with Crippen LogP contribution < -0.4 is 5.73 Å². The van der Waals surface area contributed by atoms with Crippen molar-refractivity contribution in [2.45, 2.75) is 38.1 Å². The number of aromatic nitrogens is 1. The summed E-state index contributed by atoms with van der Waals surface area (Å²) in [5.41, 5.74) is 10.4. The van der Waals surface area contributed by atoms with E-state index >= 15 is 0 Å². The molecule has 90 valence electrons. The quantitative estimate of drug-likeness (QED) is 0.840. The standard InChI is InChI=1S/C15H20N2/c1-10(2)11-5-4-6-12-13(15(16)7-8-15)9-17(3)14(11)12/h4-6,9-10H,7-8,16H2,1-3H3. The highest BCUT2D eigenvalue weighted by molar-refractivity contribution is 5.88. The molecule has 1 aliphatic carbocycles. The van der Waals surface area contributed by atoms with E-state index in [-0.39, 0.29) is 5.54 Å². The summed E-state index contributed by atoms with van der Waals surface area (Å²) in [6.45, 7) is 4.49. The van der Waals surface area contributed by atoms with Crippen molar-refractivity contribution in [2.24, 2.45) is 12.8 Å². The van der Waals surface area contributed by atoms with E-state index in [1.807, 2.05) is 0 Å². The molecule has 2 nitrogen and oxygen atoms in total. The van der Waals surface area contributed by atoms with Crippen LogP contribution in [0.15, 0.2) is 24.4 Å². The molecule has 3 rings (SSSR count). The van der Waals surface area contributed by atoms with Gasteiger partial charge in [0, 0.05) is 24.2 Å². The van der Waals surface area contributed by atoms with Gasteiger partial charge in [-0.25, -0.2) is 0 Å². The van der Waals surface area contributed by atoms with Crippen molar-refractivity contribution in [2.75, 3.05) is 0 Å². The molecule has 1 aliphatic rings. The van der Waals surface area contributed by atoms with Crippen molar-refractivity contribution in [3.05, 3.63) is 35.5 Å². The molecule has 1 saturated carbocycles. The summed E-state index contributed by atoms with van der Waals surface area (Å²) in [5.74, 6) is 0.549. The zero-order valence-corrected chi connectivity index (χ0v) is 10.8. The SMILES string of the molecule is CC(C)c1cccc2c(C3(N)CC3)cn(C)c12. The maximum Gasteiger partial charge on any atom is 0.0516 e. The van der Waals surface area contributed by atoms with Gasteiger partial charge in [-0.1, -0.05) is 32.0 Å². The minimum absolute atomic E-state index is 0.0465. The number of hydrogen-bond acceptors (Lipinski definition) is 1. The molecule has 2 aromatic rings. The summed E-state index contributed by atoms with van der Waals surface area (Å²) in [4.78, 5) is 0. The second kappa shape index (κ2) is 3.36. The first-order valence-corrected chi connectivity index (χ1v) is 6.40. The number of fused-ring (bicyclic) bond motifs is 1. The predicted octanol–water partition coefficient (Wildman–Crippen LogP) is 3.25. The molecular formula is C15H20N2. The third kappa shape index (κ3) is 1.51. The van der Waals surface area contributed by atoms with Crippen LogP contribution in [0.2, 0.25) is 0 Å². The van der Waals surface area contributed by atoms with Crippen LogP contribution >= 0.6 is 0 Å². The van der Waals surface area contributed by atoms with E-state index in [1.165, 1.54) is 22.0 Å². The average Bonchev–Trinajstić information content (AvgIpc) is 2.94. The number of nitrogens with two attached hydrogens (primary N) is 1. The predicted molar refractivity (Wildman–Crippen MR) is 72.1 cm³/mol. The Hall–Kier alpha value is -1.28. The number of rotatable bonds is 2. The van der Waals surface area contributed by atoms with Crippen LogP contribution in [0.1, 0.15) is 43.7 Å². The fourth-order valence-electron chi connectivity index (χ4n) is 2.77. The fourth-order valence-corrected chi connectivity index (χ4v) is 2.77. The Morgan fingerprint density at radius 1 is 1.29 bits per heavy atom. The van der Waals surface area contributed by atoms with Gasteiger partial charge in [-0.3, -0.25) is 0 Å². The first-order valence-electron chi connectivity index (χ1n) is 6.40. The van der Waals surface area contributed by atoms with Crippen LogP contribution in [-0.4, -0.2) is 4.57 Å². The van der Waals surface area contributed by atoms with Gasteiger partial charge in [0.05, 0.1) is 5.52 Å². The molecule has 0 saturated heterocycles. The highest BCUT2D eigenvalue weighted by Gasteiger charge is 2.42. The van der Waals surface area contributed by atoms with E-state index in [4.69, 9.17) is 5.73 Å². The van der Waals surface area contributed by atoms with Gasteiger partial charge >= 0.3 is 0 Å². The molecule has 1 aromatic carbocycles. The number of para-hydroxylation sites is 1. The monoisotopic (exact) mass is 228 g/mol. The molecule has 0 unspecified atom stereocenters. The van der Waals surface area contributed by atoms with Crippen molar-refractivity contribution in [3.63, 3.8) is 0 Å². The summed E-state index contributed by atoms with van der Waals surface area (Å²) >= 11 is 0. The molecule has 0 amide bonds. The summed E-state index contributed by atoms with van der Waals surface area (Å²) in [7, 11) is 2.13. The Kier molecular flexibility index (Phi) is 2.14. The molecule has 2 heteroatoms. The van der Waals surface area contributed by atoms with Crippen LogP contribution in [0.5, 0.6) is 0 Å². The van der Waals surface area contributed by atoms with Gasteiger partial charge in [0.1, 0.15) is 0 Å². The van der Waals surface area contributed by atoms with Crippen molar-refractivity contribution >= 4 is 10.9 Å². The molecule has 0 atom stereocenters. The minimum atomic E-state index is -0.0465. The van der Waals surface area contributed by atoms with E-state index < -0.39 is 0 Å². The number of nitrogens with zero attached hydrogens (tertiary/aromatic N) is 1. The Balaban J connectivity index is 2.32. The van der Waals surface area contributed by atoms with Crippen LogP contribution in [-0.2, 0) is 12.6 Å². The van der Waals surface area contributed by atoms with Crippen LogP contribution in [0.3, 0.4) is 0 Å². The lowest BCUT2D eigenvalue weighted by Gasteiger charge is -2.10. The maximum absolute atomic E-state index is 6.36. The maximum atomic E-state index is 6.36. The lowest BCUT2D eigenvalue weighted by molar-refractivity contribution is 0.741. The Bertz CT molecular complexity index is 574. The number of hydrogen-bond donors (Lipinski definition) is 1. The average molecular weight is 228 g/mol. The van der Waals surface area contributed by atoms with E-state index in [9.17, 15) is 0 Å². The molecular weight excluding hydrogens is 208 g/mol. The Morgan fingerprint density at radius 2 is 2.00 bits per heavy atom. The van der Waals surface area contributed by atoms with Crippen LogP contribution in [0.4, 0.5) is 0 Å². The van der Waals surface area contributed by atoms with Gasteiger partial charge < -0.3 is 10.3 Å². The largest absolute Gasteiger partial charge is 0.350 e. The zero-order valence-electron chi connectivity index (χ0n) is 10.8. The van der Waals surface area contributed by atoms with Crippen molar-refractivity contribution in [3.8, 4) is 0 Å². The van der Waals surface area contributed by atoms with Crippen molar-refractivity contribution < 1.29 is 0 Å². The van der Waals surface area contributed by atoms with Gasteiger partial charge in [-0.2, -0.15) is 0 Å². The smallest absolute Gasteiger partial charge is 0.0516 e. The topological polar surface area (TPSA) is 30.9 Å². The summed E-state index contributed by atoms with van der Waals surface area (Å²) in [6.07, 6.45) is 4.47. The summed E-state index contributed by atoms with van der Waals surface area (Å²) in [5, 5.41) is 1.35. The third-order valence-corrected chi connectivity index (χ3v) is 3.98. The van der Waals surface area contributed by atoms with Gasteiger partial charge in [0.15, 0.2) is 0 Å². The highest BCUT2D eigenvalue weighted by Crippen LogP contribution is 2.46. The molecule has 1 fully saturated rings. The van der Waals surface area contributed by atoms with Crippen LogP contribution in [0, 0.1) is 0 Å². The third-order valence-electron chi connectivity index (χ3n) is 3.98. The minimum Gasteiger partial charge on any atom is -0.350 e. The lowest BCUT2D eigenvalue weighted by Crippen LogP contribution is -2.18. The molecule has 0 spiro atoms. The second-order valence-electron chi connectivity index (χ2n) is 5.71. The van der Waals surface area contributed by atoms with Crippen molar-refractivity contribution in [1.82, 2.24) is 4.57 Å². The van der Waals surface area contributed by atoms with E-state index in [0.717, 1.165) is 12.8 Å². The zero-order chi connectivity index (χ0) is 12.2. The molecule has 17 heavy (non-hydrogen) atoms. The Morgan fingerprint density at radius 3 is 2.59 bits per heavy atom. The summed E-state index contributed by atoms with van der Waals surface area (Å²) in [6, 6.07) is 6.60. The highest BCUT2D eigenvalue weighted by atomic mass is 14.9. The molecule has 2 N–H and O–H groups in total. The van der Waals surface area contributed by atoms with Gasteiger partial charge in [0.25, 0.3) is 0 Å². The van der Waals surface area contributed by atoms with Crippen LogP contribution in [0.25, 0.3) is 10.9 Å². The van der Waals surface area contributed by atoms with Gasteiger partial charge in [0.2, 0.25) is 0 Å². The normalized spacial score (nSPS) is 17.9. The van der Waals surface area contributed by atoms with E-state index in [1.54, 1.807) is 0 Å². The van der Waals surface area contributed by atoms with E-state index in [2.05, 4.69) is 49.9 Å².